The zero-order valence-electron chi connectivity index (χ0n) is 12.2. The van der Waals surface area contributed by atoms with Crippen LogP contribution in [-0.4, -0.2) is 22.6 Å². The van der Waals surface area contributed by atoms with E-state index < -0.39 is 0 Å². The van der Waals surface area contributed by atoms with Crippen LogP contribution in [-0.2, 0) is 0 Å². The van der Waals surface area contributed by atoms with Gasteiger partial charge < -0.3 is 9.84 Å². The molecular formula is C14H17ClN4O2. The molecule has 0 fully saturated rings. The Labute approximate surface area is 127 Å². The maximum absolute atomic E-state index is 12.3. The van der Waals surface area contributed by atoms with Gasteiger partial charge in [-0.3, -0.25) is 10.1 Å². The van der Waals surface area contributed by atoms with Gasteiger partial charge >= 0.3 is 0 Å². The molecule has 2 aromatic rings. The number of hydrogen-bond donors (Lipinski definition) is 2. The Morgan fingerprint density at radius 1 is 1.43 bits per heavy atom. The van der Waals surface area contributed by atoms with Crippen molar-refractivity contribution in [2.24, 2.45) is 0 Å². The number of rotatable bonds is 5. The van der Waals surface area contributed by atoms with Crippen molar-refractivity contribution in [3.8, 4) is 0 Å². The molecule has 2 aromatic heterocycles. The predicted molar refractivity (Wildman–Crippen MR) is 82.0 cm³/mol. The van der Waals surface area contributed by atoms with Gasteiger partial charge in [-0.25, -0.2) is 4.98 Å². The molecule has 2 heterocycles. The van der Waals surface area contributed by atoms with E-state index in [4.69, 9.17) is 16.1 Å². The molecular weight excluding hydrogens is 292 g/mol. The highest BCUT2D eigenvalue weighted by atomic mass is 35.5. The minimum Gasteiger partial charge on any atom is -0.370 e. The second-order valence-corrected chi connectivity index (χ2v) is 5.06. The van der Waals surface area contributed by atoms with Crippen LogP contribution in [0.15, 0.2) is 16.8 Å². The van der Waals surface area contributed by atoms with Gasteiger partial charge in [0.15, 0.2) is 0 Å². The highest BCUT2D eigenvalue weighted by molar-refractivity contribution is 6.34. The largest absolute Gasteiger partial charge is 0.370 e. The smallest absolute Gasteiger partial charge is 0.259 e. The summed E-state index contributed by atoms with van der Waals surface area (Å²) >= 11 is 6.04. The fraction of sp³-hybridized carbons (Fsp3) is 0.357. The summed E-state index contributed by atoms with van der Waals surface area (Å²) in [5, 5.41) is 9.85. The van der Waals surface area contributed by atoms with Gasteiger partial charge in [0.05, 0.1) is 16.3 Å². The third-order valence-corrected chi connectivity index (χ3v) is 3.34. The van der Waals surface area contributed by atoms with E-state index in [9.17, 15) is 4.79 Å². The minimum absolute atomic E-state index is 0.281. The third-order valence-electron chi connectivity index (χ3n) is 3.04. The van der Waals surface area contributed by atoms with Gasteiger partial charge in [-0.1, -0.05) is 23.7 Å². The number of carbonyl (C=O) groups excluding carboxylic acids is 1. The van der Waals surface area contributed by atoms with E-state index in [2.05, 4.69) is 20.8 Å². The Morgan fingerprint density at radius 3 is 2.81 bits per heavy atom. The predicted octanol–water partition coefficient (Wildman–Crippen LogP) is 3.41. The van der Waals surface area contributed by atoms with E-state index in [-0.39, 0.29) is 10.9 Å². The number of aryl methyl sites for hydroxylation is 1. The summed E-state index contributed by atoms with van der Waals surface area (Å²) in [6.45, 7) is 6.45. The molecule has 0 radical (unpaired) electrons. The Balaban J connectivity index is 2.20. The first-order valence-corrected chi connectivity index (χ1v) is 7.04. The molecule has 6 nitrogen and oxygen atoms in total. The zero-order chi connectivity index (χ0) is 15.4. The first-order chi connectivity index (χ1) is 10.0. The molecule has 0 saturated heterocycles. The molecule has 21 heavy (non-hydrogen) atoms. The van der Waals surface area contributed by atoms with E-state index in [0.717, 1.165) is 24.2 Å². The van der Waals surface area contributed by atoms with Gasteiger partial charge in [0.1, 0.15) is 5.82 Å². The van der Waals surface area contributed by atoms with E-state index in [1.807, 2.05) is 13.8 Å². The van der Waals surface area contributed by atoms with Crippen LogP contribution in [0, 0.1) is 13.8 Å². The summed E-state index contributed by atoms with van der Waals surface area (Å²) in [7, 11) is 0. The van der Waals surface area contributed by atoms with Crippen LogP contribution in [0.2, 0.25) is 5.02 Å². The van der Waals surface area contributed by atoms with Gasteiger partial charge in [-0.2, -0.15) is 0 Å². The van der Waals surface area contributed by atoms with Crippen molar-refractivity contribution in [3.63, 3.8) is 0 Å². The number of carbonyl (C=O) groups is 1. The number of nitrogens with zero attached hydrogens (tertiary/aromatic N) is 2. The lowest BCUT2D eigenvalue weighted by Crippen LogP contribution is -2.14. The lowest BCUT2D eigenvalue weighted by atomic mass is 10.2. The number of nitrogens with one attached hydrogen (secondary N) is 2. The van der Waals surface area contributed by atoms with Crippen LogP contribution >= 0.6 is 11.6 Å². The lowest BCUT2D eigenvalue weighted by molar-refractivity contribution is 0.102. The van der Waals surface area contributed by atoms with Crippen LogP contribution in [0.25, 0.3) is 0 Å². The van der Waals surface area contributed by atoms with Crippen LogP contribution < -0.4 is 10.6 Å². The van der Waals surface area contributed by atoms with Crippen molar-refractivity contribution in [1.29, 1.82) is 0 Å². The molecule has 1 amide bonds. The Morgan fingerprint density at radius 2 is 2.19 bits per heavy atom. The number of hydrogen-bond acceptors (Lipinski definition) is 5. The summed E-state index contributed by atoms with van der Waals surface area (Å²) in [5.74, 6) is 0.575. The van der Waals surface area contributed by atoms with Crippen LogP contribution in [0.4, 0.5) is 11.7 Å². The number of aromatic nitrogens is 2. The molecule has 0 unspecified atom stereocenters. The normalized spacial score (nSPS) is 10.5. The Hall–Kier alpha value is -2.08. The molecule has 0 saturated carbocycles. The van der Waals surface area contributed by atoms with E-state index >= 15 is 0 Å². The van der Waals surface area contributed by atoms with Gasteiger partial charge in [-0.05, 0) is 26.3 Å². The maximum Gasteiger partial charge on any atom is 0.259 e. The van der Waals surface area contributed by atoms with E-state index in [1.165, 1.54) is 6.20 Å². The Kier molecular flexibility index (Phi) is 4.80. The monoisotopic (exact) mass is 308 g/mol. The van der Waals surface area contributed by atoms with Crippen molar-refractivity contribution in [2.45, 2.75) is 27.2 Å². The van der Waals surface area contributed by atoms with Crippen molar-refractivity contribution < 1.29 is 9.32 Å². The standard InChI is InChI=1S/C14H17ClN4O2/c1-4-5-16-12-6-10(11(15)7-17-12)13(20)18-14-8(2)9(3)19-21-14/h6-7H,4-5H2,1-3H3,(H,16,17)(H,18,20). The molecule has 0 aliphatic carbocycles. The fourth-order valence-electron chi connectivity index (χ4n) is 1.66. The van der Waals surface area contributed by atoms with Gasteiger partial charge in [0, 0.05) is 18.3 Å². The molecule has 2 N–H and O–H groups in total. The molecule has 7 heteroatoms. The molecule has 0 bridgehead atoms. The molecule has 0 aliphatic rings. The van der Waals surface area contributed by atoms with Crippen molar-refractivity contribution in [2.75, 3.05) is 17.2 Å². The minimum atomic E-state index is -0.360. The molecule has 112 valence electrons. The van der Waals surface area contributed by atoms with Gasteiger partial charge in [-0.15, -0.1) is 0 Å². The molecule has 0 aliphatic heterocycles. The van der Waals surface area contributed by atoms with Crippen molar-refractivity contribution in [1.82, 2.24) is 10.1 Å². The second kappa shape index (κ2) is 6.58. The SMILES string of the molecule is CCCNc1cc(C(=O)Nc2onc(C)c2C)c(Cl)cn1. The first-order valence-electron chi connectivity index (χ1n) is 6.66. The third kappa shape index (κ3) is 3.52. The number of anilines is 2. The van der Waals surface area contributed by atoms with Gasteiger partial charge in [0.2, 0.25) is 5.88 Å². The average molecular weight is 309 g/mol. The molecule has 0 aromatic carbocycles. The lowest BCUT2D eigenvalue weighted by Gasteiger charge is -2.08. The van der Waals surface area contributed by atoms with Crippen LogP contribution in [0.3, 0.4) is 0 Å². The first kappa shape index (κ1) is 15.3. The van der Waals surface area contributed by atoms with Crippen molar-refractivity contribution in [3.05, 3.63) is 34.1 Å². The number of pyridine rings is 1. The van der Waals surface area contributed by atoms with E-state index in [1.54, 1.807) is 13.0 Å². The van der Waals surface area contributed by atoms with Crippen LogP contribution in [0.5, 0.6) is 0 Å². The maximum atomic E-state index is 12.3. The van der Waals surface area contributed by atoms with E-state index in [0.29, 0.717) is 17.3 Å². The molecule has 0 spiro atoms. The Bertz CT molecular complexity index is 654. The van der Waals surface area contributed by atoms with Crippen LogP contribution in [0.1, 0.15) is 35.0 Å². The fourth-order valence-corrected chi connectivity index (χ4v) is 1.85. The quantitative estimate of drug-likeness (QED) is 0.884. The summed E-state index contributed by atoms with van der Waals surface area (Å²) in [5.41, 5.74) is 1.85. The summed E-state index contributed by atoms with van der Waals surface area (Å²) < 4.78 is 5.07. The highest BCUT2D eigenvalue weighted by Gasteiger charge is 2.16. The number of halogens is 1. The summed E-state index contributed by atoms with van der Waals surface area (Å²) in [6, 6.07) is 1.62. The van der Waals surface area contributed by atoms with Gasteiger partial charge in [0.25, 0.3) is 5.91 Å². The molecule has 2 rings (SSSR count). The summed E-state index contributed by atoms with van der Waals surface area (Å²) in [4.78, 5) is 16.4. The molecule has 0 atom stereocenters. The zero-order valence-corrected chi connectivity index (χ0v) is 12.9. The second-order valence-electron chi connectivity index (χ2n) is 4.65. The topological polar surface area (TPSA) is 80.0 Å². The number of amides is 1. The summed E-state index contributed by atoms with van der Waals surface area (Å²) in [6.07, 6.45) is 2.41. The average Bonchev–Trinajstić information content (AvgIpc) is 2.78. The highest BCUT2D eigenvalue weighted by Crippen LogP contribution is 2.22. The van der Waals surface area contributed by atoms with Crippen molar-refractivity contribution >= 4 is 29.2 Å².